The van der Waals surface area contributed by atoms with E-state index in [9.17, 15) is 4.79 Å². The van der Waals surface area contributed by atoms with Crippen molar-refractivity contribution in [3.05, 3.63) is 12.7 Å². The van der Waals surface area contributed by atoms with Gasteiger partial charge in [0.15, 0.2) is 11.5 Å². The maximum atomic E-state index is 11.2. The van der Waals surface area contributed by atoms with Crippen LogP contribution in [0.4, 0.5) is 5.82 Å². The van der Waals surface area contributed by atoms with E-state index < -0.39 is 0 Å². The van der Waals surface area contributed by atoms with Gasteiger partial charge in [0.2, 0.25) is 0 Å². The summed E-state index contributed by atoms with van der Waals surface area (Å²) in [7, 11) is 0. The molecule has 0 bridgehead atoms. The van der Waals surface area contributed by atoms with Crippen LogP contribution < -0.4 is 5.73 Å². The summed E-state index contributed by atoms with van der Waals surface area (Å²) in [5, 5.41) is 0. The lowest BCUT2D eigenvalue weighted by molar-refractivity contribution is -0.143. The van der Waals surface area contributed by atoms with Gasteiger partial charge >= 0.3 is 5.97 Å². The first-order chi connectivity index (χ1) is 9.22. The molecule has 0 aliphatic heterocycles. The van der Waals surface area contributed by atoms with Crippen LogP contribution in [-0.2, 0) is 16.1 Å². The number of nitrogen functional groups attached to an aromatic ring is 1. The highest BCUT2D eigenvalue weighted by atomic mass is 16.5. The van der Waals surface area contributed by atoms with Crippen molar-refractivity contribution >= 4 is 23.0 Å². The Morgan fingerprint density at radius 2 is 2.21 bits per heavy atom. The number of hydrogen-bond donors (Lipinski definition) is 1. The molecule has 0 fully saturated rings. The minimum atomic E-state index is -0.149. The van der Waals surface area contributed by atoms with Crippen molar-refractivity contribution in [1.82, 2.24) is 19.5 Å². The van der Waals surface area contributed by atoms with E-state index in [-0.39, 0.29) is 5.97 Å². The number of imidazole rings is 1. The highest BCUT2D eigenvalue weighted by Crippen LogP contribution is 2.14. The average molecular weight is 263 g/mol. The summed E-state index contributed by atoms with van der Waals surface area (Å²) in [5.41, 5.74) is 7.05. The molecule has 0 radical (unpaired) electrons. The molecule has 0 saturated carbocycles. The second-order valence-electron chi connectivity index (χ2n) is 4.13. The Morgan fingerprint density at radius 3 is 3.00 bits per heavy atom. The molecule has 0 aliphatic carbocycles. The van der Waals surface area contributed by atoms with E-state index >= 15 is 0 Å². The number of carbonyl (C=O) groups is 1. The van der Waals surface area contributed by atoms with Gasteiger partial charge in [0.1, 0.15) is 11.8 Å². The zero-order valence-electron chi connectivity index (χ0n) is 10.9. The minimum absolute atomic E-state index is 0.149. The Bertz CT molecular complexity index is 566. The number of ether oxygens (including phenoxy) is 1. The number of rotatable bonds is 6. The number of hydrogen-bond acceptors (Lipinski definition) is 6. The van der Waals surface area contributed by atoms with Crippen LogP contribution in [0.2, 0.25) is 0 Å². The molecule has 7 nitrogen and oxygen atoms in total. The van der Waals surface area contributed by atoms with E-state index in [1.807, 2.05) is 4.57 Å². The lowest BCUT2D eigenvalue weighted by Gasteiger charge is -2.04. The van der Waals surface area contributed by atoms with Crippen molar-refractivity contribution in [2.24, 2.45) is 0 Å². The molecule has 102 valence electrons. The maximum absolute atomic E-state index is 11.2. The molecule has 19 heavy (non-hydrogen) atoms. The van der Waals surface area contributed by atoms with Crippen LogP contribution in [0.3, 0.4) is 0 Å². The van der Waals surface area contributed by atoms with Crippen molar-refractivity contribution in [3.63, 3.8) is 0 Å². The number of anilines is 1. The lowest BCUT2D eigenvalue weighted by atomic mass is 10.2. The van der Waals surface area contributed by atoms with Crippen LogP contribution in [0.5, 0.6) is 0 Å². The Morgan fingerprint density at radius 1 is 1.37 bits per heavy atom. The molecule has 0 saturated heterocycles. The van der Waals surface area contributed by atoms with Crippen LogP contribution in [0.25, 0.3) is 11.2 Å². The smallest absolute Gasteiger partial charge is 0.305 e. The molecule has 0 unspecified atom stereocenters. The Balaban J connectivity index is 1.89. The second-order valence-corrected chi connectivity index (χ2v) is 4.13. The predicted octanol–water partition coefficient (Wildman–Crippen LogP) is 1.14. The number of carbonyl (C=O) groups excluding carboxylic acids is 1. The molecule has 0 aromatic carbocycles. The zero-order valence-corrected chi connectivity index (χ0v) is 10.9. The monoisotopic (exact) mass is 263 g/mol. The van der Waals surface area contributed by atoms with Crippen LogP contribution in [0, 0.1) is 0 Å². The first kappa shape index (κ1) is 13.3. The topological polar surface area (TPSA) is 95.9 Å². The molecule has 0 amide bonds. The number of unbranched alkanes of at least 4 members (excludes halogenated alkanes) is 1. The molecule has 2 N–H and O–H groups in total. The molecule has 2 aromatic heterocycles. The van der Waals surface area contributed by atoms with Gasteiger partial charge in [-0.3, -0.25) is 4.79 Å². The average Bonchev–Trinajstić information content (AvgIpc) is 2.80. The molecular weight excluding hydrogens is 246 g/mol. The lowest BCUT2D eigenvalue weighted by Crippen LogP contribution is -2.05. The highest BCUT2D eigenvalue weighted by molar-refractivity contribution is 5.81. The van der Waals surface area contributed by atoms with Crippen LogP contribution in [0.15, 0.2) is 12.7 Å². The van der Waals surface area contributed by atoms with Gasteiger partial charge in [-0.1, -0.05) is 0 Å². The van der Waals surface area contributed by atoms with Crippen molar-refractivity contribution in [2.45, 2.75) is 32.7 Å². The Kier molecular flexibility index (Phi) is 4.27. The third-order valence-electron chi connectivity index (χ3n) is 2.76. The van der Waals surface area contributed by atoms with Crippen LogP contribution >= 0.6 is 0 Å². The Hall–Kier alpha value is -2.18. The third kappa shape index (κ3) is 3.18. The van der Waals surface area contributed by atoms with Gasteiger partial charge in [-0.2, -0.15) is 0 Å². The van der Waals surface area contributed by atoms with Crippen molar-refractivity contribution < 1.29 is 9.53 Å². The molecule has 2 rings (SSSR count). The summed E-state index contributed by atoms with van der Waals surface area (Å²) in [6.45, 7) is 2.98. The third-order valence-corrected chi connectivity index (χ3v) is 2.76. The quantitative estimate of drug-likeness (QED) is 0.620. The number of esters is 1. The van der Waals surface area contributed by atoms with E-state index in [0.717, 1.165) is 25.0 Å². The summed E-state index contributed by atoms with van der Waals surface area (Å²) in [6, 6.07) is 0. The molecule has 0 spiro atoms. The normalized spacial score (nSPS) is 10.8. The van der Waals surface area contributed by atoms with Crippen LogP contribution in [0.1, 0.15) is 26.2 Å². The SMILES string of the molecule is CCOC(=O)CCCCn1cnc2c(N)ncnc21. The minimum Gasteiger partial charge on any atom is -0.466 e. The van der Waals surface area contributed by atoms with Gasteiger partial charge in [-0.05, 0) is 19.8 Å². The molecule has 0 atom stereocenters. The van der Waals surface area contributed by atoms with Crippen molar-refractivity contribution in [2.75, 3.05) is 12.3 Å². The van der Waals surface area contributed by atoms with Crippen LogP contribution in [-0.4, -0.2) is 32.1 Å². The summed E-state index contributed by atoms with van der Waals surface area (Å²) in [4.78, 5) is 23.4. The number of aryl methyl sites for hydroxylation is 1. The number of aromatic nitrogens is 4. The van der Waals surface area contributed by atoms with E-state index in [4.69, 9.17) is 10.5 Å². The first-order valence-corrected chi connectivity index (χ1v) is 6.29. The molecule has 0 aliphatic rings. The number of fused-ring (bicyclic) bond motifs is 1. The van der Waals surface area contributed by atoms with Gasteiger partial charge in [-0.25, -0.2) is 15.0 Å². The maximum Gasteiger partial charge on any atom is 0.305 e. The van der Waals surface area contributed by atoms with Gasteiger partial charge < -0.3 is 15.0 Å². The van der Waals surface area contributed by atoms with E-state index in [0.29, 0.717) is 24.4 Å². The van der Waals surface area contributed by atoms with Crippen molar-refractivity contribution in [3.8, 4) is 0 Å². The molecule has 2 aromatic rings. The van der Waals surface area contributed by atoms with Crippen molar-refractivity contribution in [1.29, 1.82) is 0 Å². The first-order valence-electron chi connectivity index (χ1n) is 6.29. The fourth-order valence-electron chi connectivity index (χ4n) is 1.85. The molecule has 7 heteroatoms. The van der Waals surface area contributed by atoms with Gasteiger partial charge in [-0.15, -0.1) is 0 Å². The van der Waals surface area contributed by atoms with E-state index in [1.54, 1.807) is 13.3 Å². The van der Waals surface area contributed by atoms with Gasteiger partial charge in [0, 0.05) is 13.0 Å². The standard InChI is InChI=1S/C12H17N5O2/c1-2-19-9(18)5-3-4-6-17-8-16-10-11(13)14-7-15-12(10)17/h7-8H,2-6H2,1H3,(H2,13,14,15). The second kappa shape index (κ2) is 6.12. The fourth-order valence-corrected chi connectivity index (χ4v) is 1.85. The summed E-state index contributed by atoms with van der Waals surface area (Å²) in [5.74, 6) is 0.236. The van der Waals surface area contributed by atoms with E-state index in [2.05, 4.69) is 15.0 Å². The summed E-state index contributed by atoms with van der Waals surface area (Å²) >= 11 is 0. The highest BCUT2D eigenvalue weighted by Gasteiger charge is 2.07. The summed E-state index contributed by atoms with van der Waals surface area (Å²) in [6.07, 6.45) is 5.19. The van der Waals surface area contributed by atoms with Gasteiger partial charge in [0.25, 0.3) is 0 Å². The zero-order chi connectivity index (χ0) is 13.7. The Labute approximate surface area is 110 Å². The van der Waals surface area contributed by atoms with E-state index in [1.165, 1.54) is 6.33 Å². The largest absolute Gasteiger partial charge is 0.466 e. The molecular formula is C12H17N5O2. The fraction of sp³-hybridized carbons (Fsp3) is 0.500. The van der Waals surface area contributed by atoms with Gasteiger partial charge in [0.05, 0.1) is 12.9 Å². The number of nitrogens with two attached hydrogens (primary N) is 1. The predicted molar refractivity (Wildman–Crippen MR) is 70.2 cm³/mol. The molecule has 2 heterocycles. The number of nitrogens with zero attached hydrogens (tertiary/aromatic N) is 4. The summed E-state index contributed by atoms with van der Waals surface area (Å²) < 4.78 is 6.79.